The number of methoxy groups -OCH3 is 1. The summed E-state index contributed by atoms with van der Waals surface area (Å²) in [5.41, 5.74) is -0.983. The second-order valence-corrected chi connectivity index (χ2v) is 12.2. The van der Waals surface area contributed by atoms with Gasteiger partial charge in [0.15, 0.2) is 23.5 Å². The molecule has 4 atom stereocenters. The van der Waals surface area contributed by atoms with Gasteiger partial charge in [-0.3, -0.25) is 4.79 Å². The van der Waals surface area contributed by atoms with Crippen LogP contribution in [0.3, 0.4) is 0 Å². The van der Waals surface area contributed by atoms with E-state index in [-0.39, 0.29) is 11.9 Å². The minimum atomic E-state index is -1.68. The average molecular weight is 298 g/mol. The molecule has 2 fully saturated rings. The molecule has 1 aliphatic carbocycles. The van der Waals surface area contributed by atoms with Gasteiger partial charge < -0.3 is 18.9 Å². The second kappa shape index (κ2) is 4.01. The largest absolute Gasteiger partial charge is 0.353 e. The summed E-state index contributed by atoms with van der Waals surface area (Å²) in [7, 11) is -0.111. The normalized spacial score (nSPS) is 42.6. The predicted molar refractivity (Wildman–Crippen MR) is 74.9 cm³/mol. The molecule has 0 N–H and O–H groups in total. The van der Waals surface area contributed by atoms with Crippen LogP contribution < -0.4 is 0 Å². The summed E-state index contributed by atoms with van der Waals surface area (Å²) in [4.78, 5) is 12.4. The Hall–Kier alpha value is -0.533. The smallest absolute Gasteiger partial charge is 0.193 e. The van der Waals surface area contributed by atoms with Crippen LogP contribution in [0.2, 0.25) is 19.6 Å². The molecule has 112 valence electrons. The minimum Gasteiger partial charge on any atom is -0.353 e. The van der Waals surface area contributed by atoms with Crippen molar-refractivity contribution < 1.29 is 23.7 Å². The zero-order chi connectivity index (χ0) is 14.9. The maximum absolute atomic E-state index is 12.4. The van der Waals surface area contributed by atoms with Crippen molar-refractivity contribution in [2.45, 2.75) is 63.4 Å². The number of ether oxygens (including phenoxy) is 4. The molecule has 2 heterocycles. The number of carbonyl (C=O) groups is 1. The van der Waals surface area contributed by atoms with Crippen molar-refractivity contribution in [1.29, 1.82) is 0 Å². The molecule has 0 amide bonds. The molecular weight excluding hydrogens is 276 g/mol. The first kappa shape index (κ1) is 14.4. The molecule has 1 spiro atoms. The Labute approximate surface area is 120 Å². The lowest BCUT2D eigenvalue weighted by molar-refractivity contribution is -0.240. The number of fused-ring (bicyclic) bond motifs is 2. The summed E-state index contributed by atoms with van der Waals surface area (Å²) in [6, 6.07) is 0. The molecule has 0 aromatic rings. The molecule has 2 saturated heterocycles. The molecule has 6 heteroatoms. The maximum atomic E-state index is 12.4. The van der Waals surface area contributed by atoms with Crippen LogP contribution in [-0.2, 0) is 23.7 Å². The molecule has 0 radical (unpaired) electrons. The second-order valence-electron chi connectivity index (χ2n) is 7.15. The van der Waals surface area contributed by atoms with Gasteiger partial charge in [-0.2, -0.15) is 0 Å². The van der Waals surface area contributed by atoms with Crippen LogP contribution in [0.4, 0.5) is 0 Å². The van der Waals surface area contributed by atoms with Crippen molar-refractivity contribution in [3.05, 3.63) is 11.3 Å². The van der Waals surface area contributed by atoms with Crippen LogP contribution in [0, 0.1) is 0 Å². The van der Waals surface area contributed by atoms with Crippen LogP contribution in [0.5, 0.6) is 0 Å². The molecule has 0 bridgehead atoms. The Bertz CT molecular complexity index is 492. The quantitative estimate of drug-likeness (QED) is 0.725. The fourth-order valence-electron chi connectivity index (χ4n) is 3.39. The van der Waals surface area contributed by atoms with E-state index >= 15 is 0 Å². The summed E-state index contributed by atoms with van der Waals surface area (Å²) in [5, 5.41) is 1.09. The Balaban J connectivity index is 2.03. The lowest BCUT2D eigenvalue weighted by atomic mass is 9.81. The molecule has 2 unspecified atom stereocenters. The zero-order valence-corrected chi connectivity index (χ0v) is 13.9. The maximum Gasteiger partial charge on any atom is 0.193 e. The van der Waals surface area contributed by atoms with E-state index in [1.807, 2.05) is 13.8 Å². The van der Waals surface area contributed by atoms with Crippen LogP contribution in [0.25, 0.3) is 0 Å². The van der Waals surface area contributed by atoms with E-state index in [1.54, 1.807) is 13.2 Å². The fourth-order valence-corrected chi connectivity index (χ4v) is 5.39. The van der Waals surface area contributed by atoms with Gasteiger partial charge in [-0.1, -0.05) is 19.6 Å². The van der Waals surface area contributed by atoms with E-state index < -0.39 is 31.9 Å². The van der Waals surface area contributed by atoms with Crippen LogP contribution in [0.15, 0.2) is 11.3 Å². The molecule has 5 nitrogen and oxygen atoms in total. The first-order valence-electron chi connectivity index (χ1n) is 6.95. The van der Waals surface area contributed by atoms with Gasteiger partial charge in [0.2, 0.25) is 0 Å². The average Bonchev–Trinajstić information content (AvgIpc) is 2.76. The summed E-state index contributed by atoms with van der Waals surface area (Å²) < 4.78 is 23.2. The molecular formula is C14H22O5Si. The lowest BCUT2D eigenvalue weighted by Crippen LogP contribution is -2.61. The highest BCUT2D eigenvalue weighted by atomic mass is 28.3. The molecule has 0 saturated carbocycles. The summed E-state index contributed by atoms with van der Waals surface area (Å²) in [6.45, 7) is 10.3. The highest BCUT2D eigenvalue weighted by molar-refractivity contribution is 6.85. The number of hydrogen-bond donors (Lipinski definition) is 0. The third kappa shape index (κ3) is 1.72. The third-order valence-corrected chi connectivity index (χ3v) is 6.31. The van der Waals surface area contributed by atoms with Gasteiger partial charge >= 0.3 is 0 Å². The van der Waals surface area contributed by atoms with Gasteiger partial charge in [-0.25, -0.2) is 0 Å². The van der Waals surface area contributed by atoms with Gasteiger partial charge in [0.25, 0.3) is 0 Å². The van der Waals surface area contributed by atoms with Gasteiger partial charge in [0.05, 0.1) is 8.07 Å². The summed E-state index contributed by atoms with van der Waals surface area (Å²) >= 11 is 0. The number of rotatable bonds is 2. The molecule has 2 aliphatic heterocycles. The zero-order valence-electron chi connectivity index (χ0n) is 12.9. The van der Waals surface area contributed by atoms with E-state index in [4.69, 9.17) is 18.9 Å². The van der Waals surface area contributed by atoms with Gasteiger partial charge in [0.1, 0.15) is 12.2 Å². The number of ketones is 1. The predicted octanol–water partition coefficient (Wildman–Crippen LogP) is 1.63. The van der Waals surface area contributed by atoms with Crippen molar-refractivity contribution in [3.8, 4) is 0 Å². The topological polar surface area (TPSA) is 54.0 Å². The first-order chi connectivity index (χ1) is 9.12. The van der Waals surface area contributed by atoms with Crippen molar-refractivity contribution in [3.63, 3.8) is 0 Å². The van der Waals surface area contributed by atoms with E-state index in [9.17, 15) is 4.79 Å². The Morgan fingerprint density at radius 2 is 1.85 bits per heavy atom. The van der Waals surface area contributed by atoms with Crippen LogP contribution in [0.1, 0.15) is 13.8 Å². The monoisotopic (exact) mass is 298 g/mol. The van der Waals surface area contributed by atoms with E-state index in [0.29, 0.717) is 0 Å². The van der Waals surface area contributed by atoms with E-state index in [1.165, 1.54) is 0 Å². The third-order valence-electron chi connectivity index (χ3n) is 4.18. The minimum absolute atomic E-state index is 0.0224. The number of carbonyl (C=O) groups excluding carboxylic acids is 1. The first-order valence-corrected chi connectivity index (χ1v) is 10.5. The summed E-state index contributed by atoms with van der Waals surface area (Å²) in [5.74, 6) is -0.741. The molecule has 0 aromatic heterocycles. The highest BCUT2D eigenvalue weighted by Crippen LogP contribution is 2.53. The molecule has 3 aliphatic rings. The van der Waals surface area contributed by atoms with E-state index in [2.05, 4.69) is 19.6 Å². The fraction of sp³-hybridized carbons (Fsp3) is 0.786. The Morgan fingerprint density at radius 1 is 1.20 bits per heavy atom. The standard InChI is InChI=1S/C14H22O5Si/c1-13(2)17-10-11(18-13)14(19-12(10)16-3)8(15)7-9(14)20(4,5)6/h7,10-12H,1-6H3/t10-,11?,12?,14-/m0/s1. The van der Waals surface area contributed by atoms with Crippen molar-refractivity contribution in [2.75, 3.05) is 7.11 Å². The highest BCUT2D eigenvalue weighted by Gasteiger charge is 2.71. The number of hydrogen-bond acceptors (Lipinski definition) is 5. The van der Waals surface area contributed by atoms with Crippen molar-refractivity contribution >= 4 is 13.9 Å². The van der Waals surface area contributed by atoms with Gasteiger partial charge in [-0.05, 0) is 25.1 Å². The van der Waals surface area contributed by atoms with Crippen molar-refractivity contribution in [2.24, 2.45) is 0 Å². The lowest BCUT2D eigenvalue weighted by Gasteiger charge is -2.45. The van der Waals surface area contributed by atoms with Crippen LogP contribution in [-0.4, -0.2) is 50.9 Å². The SMILES string of the molecule is COC1O[C@]2(C(=O)C=C2[Si](C)(C)C)C2OC(C)(C)O[C@H]12. The molecule has 3 rings (SSSR count). The van der Waals surface area contributed by atoms with Crippen molar-refractivity contribution in [1.82, 2.24) is 0 Å². The Kier molecular flexibility index (Phi) is 2.89. The van der Waals surface area contributed by atoms with Crippen LogP contribution >= 0.6 is 0 Å². The molecule has 20 heavy (non-hydrogen) atoms. The van der Waals surface area contributed by atoms with E-state index in [0.717, 1.165) is 5.20 Å². The Morgan fingerprint density at radius 3 is 2.35 bits per heavy atom. The van der Waals surface area contributed by atoms with Gasteiger partial charge in [0, 0.05) is 7.11 Å². The summed E-state index contributed by atoms with van der Waals surface area (Å²) in [6.07, 6.45) is 0.377. The molecule has 0 aromatic carbocycles. The van der Waals surface area contributed by atoms with Gasteiger partial charge in [-0.15, -0.1) is 0 Å².